The van der Waals surface area contributed by atoms with Crippen molar-refractivity contribution in [1.82, 2.24) is 19.2 Å². The smallest absolute Gasteiger partial charge is 0.262 e. The number of thiophene rings is 1. The highest BCUT2D eigenvalue weighted by molar-refractivity contribution is 7.89. The van der Waals surface area contributed by atoms with Crippen molar-refractivity contribution in [2.24, 2.45) is 0 Å². The number of aryl methyl sites for hydroxylation is 1. The van der Waals surface area contributed by atoms with Crippen molar-refractivity contribution >= 4 is 31.6 Å². The molecular weight excluding hydrogens is 324 g/mol. The minimum Gasteiger partial charge on any atom is -0.312 e. The molecule has 0 unspecified atom stereocenters. The van der Waals surface area contributed by atoms with E-state index in [1.165, 1.54) is 40.6 Å². The Kier molecular flexibility index (Phi) is 4.06. The van der Waals surface area contributed by atoms with Gasteiger partial charge in [0.2, 0.25) is 10.0 Å². The largest absolute Gasteiger partial charge is 0.312 e. The van der Waals surface area contributed by atoms with Crippen molar-refractivity contribution < 1.29 is 8.42 Å². The highest BCUT2D eigenvalue weighted by atomic mass is 32.2. The van der Waals surface area contributed by atoms with Gasteiger partial charge in [-0.05, 0) is 18.5 Å². The highest BCUT2D eigenvalue weighted by Gasteiger charge is 2.20. The molecule has 0 radical (unpaired) electrons. The number of nitrogens with zero attached hydrogens (tertiary/aromatic N) is 3. The van der Waals surface area contributed by atoms with Gasteiger partial charge in [-0.15, -0.1) is 11.3 Å². The minimum absolute atomic E-state index is 0.110. The second-order valence-corrected chi connectivity index (χ2v) is 8.84. The molecule has 9 heteroatoms. The fourth-order valence-electron chi connectivity index (χ4n) is 2.51. The van der Waals surface area contributed by atoms with Crippen LogP contribution in [0, 0.1) is 0 Å². The Morgan fingerprint density at radius 2 is 2.23 bits per heavy atom. The Labute approximate surface area is 132 Å². The summed E-state index contributed by atoms with van der Waals surface area (Å²) in [6, 6.07) is 0. The first kappa shape index (κ1) is 15.6. The van der Waals surface area contributed by atoms with E-state index in [0.717, 1.165) is 34.8 Å². The van der Waals surface area contributed by atoms with Gasteiger partial charge in [0.25, 0.3) is 5.56 Å². The minimum atomic E-state index is -3.33. The Morgan fingerprint density at radius 3 is 2.95 bits per heavy atom. The van der Waals surface area contributed by atoms with Crippen molar-refractivity contribution in [3.8, 4) is 0 Å². The van der Waals surface area contributed by atoms with Crippen LogP contribution in [0.3, 0.4) is 0 Å². The molecule has 0 spiro atoms. The van der Waals surface area contributed by atoms with Crippen LogP contribution in [0.2, 0.25) is 0 Å². The topological polar surface area (TPSA) is 84.3 Å². The molecule has 120 valence electrons. The summed E-state index contributed by atoms with van der Waals surface area (Å²) in [4.78, 5) is 18.9. The molecule has 0 bridgehead atoms. The third kappa shape index (κ3) is 2.69. The van der Waals surface area contributed by atoms with Crippen LogP contribution in [-0.2, 0) is 29.5 Å². The van der Waals surface area contributed by atoms with Crippen LogP contribution in [0.1, 0.15) is 10.4 Å². The van der Waals surface area contributed by atoms with Crippen molar-refractivity contribution in [3.05, 3.63) is 27.1 Å². The fourth-order valence-corrected chi connectivity index (χ4v) is 4.45. The SMILES string of the molecule is CN(C)S(=O)(=O)CCn1cnc2sc3c(c2c1=O)CCNC3. The summed E-state index contributed by atoms with van der Waals surface area (Å²) < 4.78 is 26.3. The summed E-state index contributed by atoms with van der Waals surface area (Å²) >= 11 is 1.54. The summed E-state index contributed by atoms with van der Waals surface area (Å²) in [5, 5.41) is 3.94. The quantitative estimate of drug-likeness (QED) is 0.845. The first-order valence-electron chi connectivity index (χ1n) is 7.01. The molecule has 0 saturated carbocycles. The molecule has 0 saturated heterocycles. The summed E-state index contributed by atoms with van der Waals surface area (Å²) in [5.41, 5.74) is 0.930. The van der Waals surface area contributed by atoms with Crippen LogP contribution in [0.15, 0.2) is 11.1 Å². The molecular formula is C13H18N4O3S2. The summed E-state index contributed by atoms with van der Waals surface area (Å²) in [6.45, 7) is 1.73. The predicted octanol–water partition coefficient (Wildman–Crippen LogP) is -0.00490. The lowest BCUT2D eigenvalue weighted by Crippen LogP contribution is -2.31. The van der Waals surface area contributed by atoms with Crippen LogP contribution in [0.5, 0.6) is 0 Å². The monoisotopic (exact) mass is 342 g/mol. The van der Waals surface area contributed by atoms with E-state index in [9.17, 15) is 13.2 Å². The molecule has 1 aliphatic heterocycles. The van der Waals surface area contributed by atoms with Crippen molar-refractivity contribution in [2.75, 3.05) is 26.4 Å². The Bertz CT molecular complexity index is 867. The molecule has 2 aromatic heterocycles. The molecule has 3 heterocycles. The average molecular weight is 342 g/mol. The number of sulfonamides is 1. The summed E-state index contributed by atoms with van der Waals surface area (Å²) in [7, 11) is -0.356. The molecule has 7 nitrogen and oxygen atoms in total. The van der Waals surface area contributed by atoms with Gasteiger partial charge in [-0.2, -0.15) is 0 Å². The zero-order valence-corrected chi connectivity index (χ0v) is 14.1. The lowest BCUT2D eigenvalue weighted by Gasteiger charge is -2.13. The van der Waals surface area contributed by atoms with Gasteiger partial charge in [0.15, 0.2) is 0 Å². The summed E-state index contributed by atoms with van der Waals surface area (Å²) in [6.07, 6.45) is 2.26. The van der Waals surface area contributed by atoms with Crippen LogP contribution in [0.4, 0.5) is 0 Å². The molecule has 1 aliphatic rings. The Morgan fingerprint density at radius 1 is 1.45 bits per heavy atom. The molecule has 0 aromatic carbocycles. The van der Waals surface area contributed by atoms with Gasteiger partial charge in [0, 0.05) is 32.1 Å². The third-order valence-electron chi connectivity index (χ3n) is 3.85. The zero-order valence-electron chi connectivity index (χ0n) is 12.5. The number of aromatic nitrogens is 2. The zero-order chi connectivity index (χ0) is 15.9. The van der Waals surface area contributed by atoms with E-state index < -0.39 is 10.0 Å². The van der Waals surface area contributed by atoms with Crippen molar-refractivity contribution in [2.45, 2.75) is 19.5 Å². The lowest BCUT2D eigenvalue weighted by molar-refractivity contribution is 0.514. The molecule has 0 amide bonds. The van der Waals surface area contributed by atoms with Crippen molar-refractivity contribution in [1.29, 1.82) is 0 Å². The average Bonchev–Trinajstić information content (AvgIpc) is 2.85. The van der Waals surface area contributed by atoms with E-state index in [2.05, 4.69) is 10.3 Å². The van der Waals surface area contributed by atoms with Crippen LogP contribution in [0.25, 0.3) is 10.2 Å². The fraction of sp³-hybridized carbons (Fsp3) is 0.538. The molecule has 2 aromatic rings. The van der Waals surface area contributed by atoms with Crippen molar-refractivity contribution in [3.63, 3.8) is 0 Å². The standard InChI is InChI=1S/C13H18N4O3S2/c1-16(2)22(19,20)6-5-17-8-15-12-11(13(17)18)9-3-4-14-7-10(9)21-12/h8,14H,3-7H2,1-2H3. The van der Waals surface area contributed by atoms with Gasteiger partial charge in [-0.3, -0.25) is 9.36 Å². The molecule has 1 N–H and O–H groups in total. The second kappa shape index (κ2) is 5.73. The van der Waals surface area contributed by atoms with E-state index in [0.29, 0.717) is 5.39 Å². The van der Waals surface area contributed by atoms with Gasteiger partial charge >= 0.3 is 0 Å². The van der Waals surface area contributed by atoms with Gasteiger partial charge < -0.3 is 5.32 Å². The van der Waals surface area contributed by atoms with E-state index >= 15 is 0 Å². The molecule has 0 atom stereocenters. The molecule has 0 aliphatic carbocycles. The lowest BCUT2D eigenvalue weighted by atomic mass is 10.1. The number of nitrogens with one attached hydrogen (secondary N) is 1. The maximum absolute atomic E-state index is 12.6. The molecule has 3 rings (SSSR count). The normalized spacial score (nSPS) is 15.4. The maximum atomic E-state index is 12.6. The predicted molar refractivity (Wildman–Crippen MR) is 86.8 cm³/mol. The second-order valence-electron chi connectivity index (χ2n) is 5.45. The maximum Gasteiger partial charge on any atom is 0.262 e. The Hall–Kier alpha value is -1.29. The first-order valence-corrected chi connectivity index (χ1v) is 9.43. The number of rotatable bonds is 4. The van der Waals surface area contributed by atoms with Gasteiger partial charge in [-0.1, -0.05) is 0 Å². The van der Waals surface area contributed by atoms with E-state index in [-0.39, 0.29) is 17.9 Å². The third-order valence-corrected chi connectivity index (χ3v) is 6.80. The van der Waals surface area contributed by atoms with Crippen LogP contribution >= 0.6 is 11.3 Å². The van der Waals surface area contributed by atoms with E-state index in [4.69, 9.17) is 0 Å². The Balaban J connectivity index is 1.98. The highest BCUT2D eigenvalue weighted by Crippen LogP contribution is 2.29. The number of hydrogen-bond donors (Lipinski definition) is 1. The summed E-state index contributed by atoms with van der Waals surface area (Å²) in [5.74, 6) is -0.110. The van der Waals surface area contributed by atoms with Crippen LogP contribution in [-0.4, -0.2) is 48.7 Å². The van der Waals surface area contributed by atoms with E-state index in [1.54, 1.807) is 0 Å². The molecule has 22 heavy (non-hydrogen) atoms. The van der Waals surface area contributed by atoms with E-state index in [1.807, 2.05) is 0 Å². The van der Waals surface area contributed by atoms with Gasteiger partial charge in [-0.25, -0.2) is 17.7 Å². The first-order chi connectivity index (χ1) is 10.4. The van der Waals surface area contributed by atoms with Gasteiger partial charge in [0.05, 0.1) is 17.5 Å². The molecule has 0 fully saturated rings. The van der Waals surface area contributed by atoms with Gasteiger partial charge in [0.1, 0.15) is 4.83 Å². The van der Waals surface area contributed by atoms with Crippen LogP contribution < -0.4 is 10.9 Å². The number of fused-ring (bicyclic) bond motifs is 3. The number of hydrogen-bond acceptors (Lipinski definition) is 6.